The number of aliphatic hydroxyl groups excluding tert-OH is 1. The third kappa shape index (κ3) is 5.87. The molecule has 1 spiro atoms. The summed E-state index contributed by atoms with van der Waals surface area (Å²) < 4.78 is 11.7. The highest BCUT2D eigenvalue weighted by atomic mass is 35.5. The summed E-state index contributed by atoms with van der Waals surface area (Å²) in [5.74, 6) is -0.225. The van der Waals surface area contributed by atoms with E-state index < -0.39 is 17.9 Å². The predicted octanol–water partition coefficient (Wildman–Crippen LogP) is 3.91. The molecule has 37 heavy (non-hydrogen) atoms. The van der Waals surface area contributed by atoms with Crippen LogP contribution in [0.3, 0.4) is 0 Å². The standard InChI is InChI=1S/C26H35Cl2N5O4/c1-14-18(16-7-6-8-17(27)19(16)28)20(22(29)34)31-23(30-14)33-11-9-26(10-12-33)13-36-15(2)21(26)32-24(35)37-25(3,4)5/h6-8,15,21,24,32,35H,9-13H2,1-5H3,(H2,29,34)/t15-,21+,24?/m0/s1. The summed E-state index contributed by atoms with van der Waals surface area (Å²) in [7, 11) is 0. The van der Waals surface area contributed by atoms with Gasteiger partial charge in [0.2, 0.25) is 12.4 Å². The van der Waals surface area contributed by atoms with E-state index in [0.717, 1.165) is 12.8 Å². The quantitative estimate of drug-likeness (QED) is 0.461. The maximum Gasteiger partial charge on any atom is 0.268 e. The molecular formula is C26H35Cl2N5O4. The topological polar surface area (TPSA) is 123 Å². The number of aliphatic hydroxyl groups is 1. The van der Waals surface area contributed by atoms with Crippen molar-refractivity contribution in [3.05, 3.63) is 39.6 Å². The van der Waals surface area contributed by atoms with Gasteiger partial charge < -0.3 is 25.2 Å². The van der Waals surface area contributed by atoms with Gasteiger partial charge in [0.05, 0.1) is 34.1 Å². The Bertz CT molecular complexity index is 1160. The fraction of sp³-hybridized carbons (Fsp3) is 0.577. The van der Waals surface area contributed by atoms with Crippen LogP contribution < -0.4 is 16.0 Å². The van der Waals surface area contributed by atoms with Crippen LogP contribution in [-0.2, 0) is 9.47 Å². The van der Waals surface area contributed by atoms with Gasteiger partial charge in [0.15, 0.2) is 0 Å². The highest BCUT2D eigenvalue weighted by molar-refractivity contribution is 6.43. The SMILES string of the molecule is Cc1nc(N2CCC3(CC2)CO[C@@H](C)[C@H]3NC(O)OC(C)(C)C)nc(C(N)=O)c1-c1cccc(Cl)c1Cl. The van der Waals surface area contributed by atoms with Crippen LogP contribution in [0.1, 0.15) is 56.7 Å². The van der Waals surface area contributed by atoms with Crippen LogP contribution in [0.25, 0.3) is 11.1 Å². The lowest BCUT2D eigenvalue weighted by atomic mass is 9.73. The molecule has 3 atom stereocenters. The third-order valence-corrected chi connectivity index (χ3v) is 7.94. The van der Waals surface area contributed by atoms with E-state index >= 15 is 0 Å². The minimum atomic E-state index is -1.10. The number of primary amides is 1. The minimum absolute atomic E-state index is 0.0774. The first kappa shape index (κ1) is 28.0. The summed E-state index contributed by atoms with van der Waals surface area (Å²) in [6, 6.07) is 5.12. The number of anilines is 1. The molecule has 0 aliphatic carbocycles. The lowest BCUT2D eigenvalue weighted by Gasteiger charge is -2.43. The van der Waals surface area contributed by atoms with Crippen LogP contribution in [0.2, 0.25) is 10.0 Å². The van der Waals surface area contributed by atoms with Gasteiger partial charge in [-0.15, -0.1) is 0 Å². The first-order valence-electron chi connectivity index (χ1n) is 12.4. The lowest BCUT2D eigenvalue weighted by Crippen LogP contribution is -2.56. The molecule has 2 aromatic rings. The summed E-state index contributed by atoms with van der Waals surface area (Å²) in [4.78, 5) is 23.8. The van der Waals surface area contributed by atoms with Gasteiger partial charge in [-0.1, -0.05) is 35.3 Å². The van der Waals surface area contributed by atoms with Crippen LogP contribution in [0.5, 0.6) is 0 Å². The number of aryl methyl sites for hydroxylation is 1. The Morgan fingerprint density at radius 2 is 1.97 bits per heavy atom. The molecule has 202 valence electrons. The molecule has 1 aromatic heterocycles. The van der Waals surface area contributed by atoms with E-state index in [2.05, 4.69) is 15.2 Å². The summed E-state index contributed by atoms with van der Waals surface area (Å²) in [5.41, 5.74) is 6.81. The number of nitrogens with one attached hydrogen (secondary N) is 1. The zero-order valence-electron chi connectivity index (χ0n) is 21.8. The number of piperidine rings is 1. The second-order valence-electron chi connectivity index (χ2n) is 10.9. The number of nitrogens with two attached hydrogens (primary N) is 1. The average Bonchev–Trinajstić information content (AvgIpc) is 3.09. The van der Waals surface area contributed by atoms with E-state index in [9.17, 15) is 9.90 Å². The minimum Gasteiger partial charge on any atom is -0.376 e. The van der Waals surface area contributed by atoms with Gasteiger partial charge in [0.1, 0.15) is 5.69 Å². The molecule has 11 heteroatoms. The number of carbonyl (C=O) groups excluding carboxylic acids is 1. The molecule has 3 heterocycles. The molecule has 2 saturated heterocycles. The molecule has 1 aromatic carbocycles. The second kappa shape index (κ2) is 10.6. The largest absolute Gasteiger partial charge is 0.376 e. The molecule has 1 amide bonds. The Morgan fingerprint density at radius 3 is 2.59 bits per heavy atom. The van der Waals surface area contributed by atoms with Gasteiger partial charge in [-0.05, 0) is 53.5 Å². The van der Waals surface area contributed by atoms with Gasteiger partial charge in [0, 0.05) is 35.7 Å². The van der Waals surface area contributed by atoms with E-state index in [-0.39, 0.29) is 23.3 Å². The highest BCUT2D eigenvalue weighted by Gasteiger charge is 2.50. The summed E-state index contributed by atoms with van der Waals surface area (Å²) in [5, 5.41) is 14.4. The summed E-state index contributed by atoms with van der Waals surface area (Å²) in [6.07, 6.45) is 0.395. The van der Waals surface area contributed by atoms with Crippen molar-refractivity contribution in [1.82, 2.24) is 15.3 Å². The summed E-state index contributed by atoms with van der Waals surface area (Å²) in [6.45, 7) is 11.4. The smallest absolute Gasteiger partial charge is 0.268 e. The van der Waals surface area contributed by atoms with E-state index in [1.54, 1.807) is 25.1 Å². The number of hydrogen-bond acceptors (Lipinski definition) is 8. The maximum absolute atomic E-state index is 12.4. The molecule has 4 rings (SSSR count). The van der Waals surface area contributed by atoms with Gasteiger partial charge in [-0.25, -0.2) is 9.97 Å². The van der Waals surface area contributed by atoms with E-state index in [1.807, 2.05) is 27.7 Å². The number of aromatic nitrogens is 2. The van der Waals surface area contributed by atoms with Gasteiger partial charge >= 0.3 is 0 Å². The fourth-order valence-corrected chi connectivity index (χ4v) is 5.72. The van der Waals surface area contributed by atoms with Crippen molar-refractivity contribution in [1.29, 1.82) is 0 Å². The fourth-order valence-electron chi connectivity index (χ4n) is 5.32. The van der Waals surface area contributed by atoms with Crippen LogP contribution in [0, 0.1) is 12.3 Å². The molecule has 0 bridgehead atoms. The van der Waals surface area contributed by atoms with Crippen LogP contribution in [-0.4, -0.2) is 64.8 Å². The molecule has 2 aliphatic rings. The Balaban J connectivity index is 1.56. The molecule has 9 nitrogen and oxygen atoms in total. The third-order valence-electron chi connectivity index (χ3n) is 7.12. The maximum atomic E-state index is 12.4. The van der Waals surface area contributed by atoms with Crippen molar-refractivity contribution in [2.75, 3.05) is 24.6 Å². The van der Waals surface area contributed by atoms with Crippen molar-refractivity contribution >= 4 is 35.1 Å². The number of nitrogens with zero attached hydrogens (tertiary/aromatic N) is 3. The van der Waals surface area contributed by atoms with Crippen molar-refractivity contribution in [3.63, 3.8) is 0 Å². The monoisotopic (exact) mass is 551 g/mol. The Morgan fingerprint density at radius 1 is 1.30 bits per heavy atom. The van der Waals surface area contributed by atoms with Gasteiger partial charge in [0.25, 0.3) is 5.91 Å². The van der Waals surface area contributed by atoms with Crippen molar-refractivity contribution in [3.8, 4) is 11.1 Å². The van der Waals surface area contributed by atoms with Gasteiger partial charge in [-0.3, -0.25) is 10.1 Å². The van der Waals surface area contributed by atoms with E-state index in [4.69, 9.17) is 43.4 Å². The van der Waals surface area contributed by atoms with Crippen molar-refractivity contribution in [2.24, 2.45) is 11.1 Å². The first-order chi connectivity index (χ1) is 17.3. The lowest BCUT2D eigenvalue weighted by molar-refractivity contribution is -0.190. The zero-order valence-corrected chi connectivity index (χ0v) is 23.4. The molecule has 2 fully saturated rings. The number of amides is 1. The molecule has 1 unspecified atom stereocenters. The summed E-state index contributed by atoms with van der Waals surface area (Å²) >= 11 is 12.6. The molecule has 4 N–H and O–H groups in total. The van der Waals surface area contributed by atoms with Gasteiger partial charge in [-0.2, -0.15) is 0 Å². The Labute approximate surface area is 227 Å². The molecule has 0 radical (unpaired) electrons. The second-order valence-corrected chi connectivity index (χ2v) is 11.7. The van der Waals surface area contributed by atoms with E-state index in [1.165, 1.54) is 0 Å². The van der Waals surface area contributed by atoms with Crippen molar-refractivity contribution < 1.29 is 19.4 Å². The van der Waals surface area contributed by atoms with Crippen LogP contribution >= 0.6 is 23.2 Å². The van der Waals surface area contributed by atoms with E-state index in [0.29, 0.717) is 52.5 Å². The highest BCUT2D eigenvalue weighted by Crippen LogP contribution is 2.43. The number of halogens is 2. The van der Waals surface area contributed by atoms with Crippen LogP contribution in [0.4, 0.5) is 5.95 Å². The van der Waals surface area contributed by atoms with Crippen LogP contribution in [0.15, 0.2) is 18.2 Å². The normalized spacial score (nSPS) is 22.4. The Kier molecular flexibility index (Phi) is 8.05. The molecular weight excluding hydrogens is 517 g/mol. The molecule has 0 saturated carbocycles. The average molecular weight is 553 g/mol. The predicted molar refractivity (Wildman–Crippen MR) is 144 cm³/mol. The Hall–Kier alpha value is -2.01. The zero-order chi connectivity index (χ0) is 27.1. The first-order valence-corrected chi connectivity index (χ1v) is 13.2. The van der Waals surface area contributed by atoms with Crippen molar-refractivity contribution in [2.45, 2.75) is 71.6 Å². The number of hydrogen-bond donors (Lipinski definition) is 3. The number of rotatable bonds is 6. The number of carbonyl (C=O) groups is 1. The number of ether oxygens (including phenoxy) is 2. The number of benzene rings is 1. The molecule has 2 aliphatic heterocycles.